The fourth-order valence-electron chi connectivity index (χ4n) is 2.47. The predicted octanol–water partition coefficient (Wildman–Crippen LogP) is 0.520. The van der Waals surface area contributed by atoms with Crippen molar-refractivity contribution in [2.45, 2.75) is 24.0 Å². The maximum absolute atomic E-state index is 12.1. The first-order valence-electron chi connectivity index (χ1n) is 6.32. The van der Waals surface area contributed by atoms with Crippen molar-refractivity contribution >= 4 is 10.0 Å². The topological polar surface area (TPSA) is 95.1 Å². The lowest BCUT2D eigenvalue weighted by molar-refractivity contribution is 0.278. The van der Waals surface area contributed by atoms with Gasteiger partial charge in [-0.2, -0.15) is 5.10 Å². The van der Waals surface area contributed by atoms with Gasteiger partial charge in [0.25, 0.3) is 10.0 Å². The van der Waals surface area contributed by atoms with Crippen molar-refractivity contribution in [1.82, 2.24) is 14.9 Å². The number of nitrogens with zero attached hydrogens (tertiary/aromatic N) is 1. The zero-order valence-electron chi connectivity index (χ0n) is 10.7. The van der Waals surface area contributed by atoms with Crippen LogP contribution in [0.25, 0.3) is 0 Å². The second kappa shape index (κ2) is 5.01. The third-order valence-corrected chi connectivity index (χ3v) is 5.04. The number of aromatic amines is 1. The van der Waals surface area contributed by atoms with Crippen LogP contribution < -0.4 is 4.72 Å². The van der Waals surface area contributed by atoms with Gasteiger partial charge in [0.2, 0.25) is 0 Å². The maximum Gasteiger partial charge on any atom is 0.257 e. The smallest absolute Gasteiger partial charge is 0.257 e. The van der Waals surface area contributed by atoms with Gasteiger partial charge in [0.1, 0.15) is 0 Å². The number of aromatic nitrogens is 2. The molecule has 1 atom stereocenters. The van der Waals surface area contributed by atoms with E-state index < -0.39 is 10.0 Å². The van der Waals surface area contributed by atoms with Crippen LogP contribution in [0.15, 0.2) is 35.5 Å². The van der Waals surface area contributed by atoms with E-state index in [1.165, 1.54) is 17.3 Å². The largest absolute Gasteiger partial charge is 0.392 e. The van der Waals surface area contributed by atoms with Gasteiger partial charge in [-0.15, -0.1) is 0 Å². The normalized spacial score (nSPS) is 17.6. The third kappa shape index (κ3) is 2.24. The van der Waals surface area contributed by atoms with Crippen LogP contribution in [0.2, 0.25) is 0 Å². The molecule has 0 amide bonds. The van der Waals surface area contributed by atoms with Crippen LogP contribution in [-0.4, -0.2) is 30.3 Å². The second-order valence-electron chi connectivity index (χ2n) is 4.83. The number of hydrogen-bond donors (Lipinski definition) is 3. The van der Waals surface area contributed by atoms with Gasteiger partial charge in [-0.1, -0.05) is 24.3 Å². The van der Waals surface area contributed by atoms with Crippen molar-refractivity contribution in [2.24, 2.45) is 0 Å². The number of fused-ring (bicyclic) bond motifs is 1. The summed E-state index contributed by atoms with van der Waals surface area (Å²) in [6, 6.07) is 8.02. The number of rotatable bonds is 5. The molecule has 1 heterocycles. The number of nitrogens with one attached hydrogen (secondary N) is 2. The highest BCUT2D eigenvalue weighted by molar-refractivity contribution is 7.89. The fraction of sp³-hybridized carbons (Fsp3) is 0.308. The maximum atomic E-state index is 12.1. The van der Waals surface area contributed by atoms with Crippen molar-refractivity contribution in [1.29, 1.82) is 0 Å². The number of aliphatic hydroxyl groups excluding tert-OH is 1. The van der Waals surface area contributed by atoms with Gasteiger partial charge in [0, 0.05) is 18.0 Å². The van der Waals surface area contributed by atoms with Crippen molar-refractivity contribution < 1.29 is 13.5 Å². The Morgan fingerprint density at radius 1 is 1.40 bits per heavy atom. The van der Waals surface area contributed by atoms with Crippen molar-refractivity contribution in [3.63, 3.8) is 0 Å². The van der Waals surface area contributed by atoms with E-state index in [0.29, 0.717) is 6.54 Å². The minimum absolute atomic E-state index is 0.0624. The molecule has 3 N–H and O–H groups in total. The molecule has 1 aromatic heterocycles. The van der Waals surface area contributed by atoms with E-state index in [-0.39, 0.29) is 23.1 Å². The van der Waals surface area contributed by atoms with Crippen LogP contribution in [0.3, 0.4) is 0 Å². The van der Waals surface area contributed by atoms with E-state index in [2.05, 4.69) is 21.0 Å². The van der Waals surface area contributed by atoms with E-state index in [0.717, 1.165) is 6.42 Å². The molecule has 106 valence electrons. The molecule has 1 aromatic carbocycles. The second-order valence-corrected chi connectivity index (χ2v) is 6.54. The average molecular weight is 293 g/mol. The van der Waals surface area contributed by atoms with E-state index in [1.54, 1.807) is 0 Å². The molecule has 3 rings (SSSR count). The summed E-state index contributed by atoms with van der Waals surface area (Å²) in [6.45, 7) is -0.0117. The fourth-order valence-corrected chi connectivity index (χ4v) is 3.67. The Morgan fingerprint density at radius 3 is 2.95 bits per heavy atom. The molecule has 0 radical (unpaired) electrons. The van der Waals surface area contributed by atoms with Crippen molar-refractivity contribution in [2.75, 3.05) is 6.54 Å². The molecule has 0 aliphatic heterocycles. The molecule has 2 aromatic rings. The SMILES string of the molecule is O=S(=O)(NCC1Cc2ccccc21)c1[nH]ncc1CO. The summed E-state index contributed by atoms with van der Waals surface area (Å²) >= 11 is 0. The highest BCUT2D eigenvalue weighted by atomic mass is 32.2. The quantitative estimate of drug-likeness (QED) is 0.749. The molecule has 1 aliphatic carbocycles. The zero-order chi connectivity index (χ0) is 14.2. The lowest BCUT2D eigenvalue weighted by Gasteiger charge is -2.30. The summed E-state index contributed by atoms with van der Waals surface area (Å²) in [4.78, 5) is 0. The number of benzene rings is 1. The molecule has 1 aliphatic rings. The number of H-pyrrole nitrogens is 1. The molecular formula is C13H15N3O3S. The highest BCUT2D eigenvalue weighted by Crippen LogP contribution is 2.34. The third-order valence-electron chi connectivity index (χ3n) is 3.60. The minimum Gasteiger partial charge on any atom is -0.392 e. The number of hydrogen-bond acceptors (Lipinski definition) is 4. The summed E-state index contributed by atoms with van der Waals surface area (Å²) in [5, 5.41) is 15.1. The van der Waals surface area contributed by atoms with Gasteiger partial charge >= 0.3 is 0 Å². The number of aliphatic hydroxyl groups is 1. The Balaban J connectivity index is 1.70. The molecule has 0 fully saturated rings. The summed E-state index contributed by atoms with van der Waals surface area (Å²) in [5.74, 6) is 0.210. The van der Waals surface area contributed by atoms with E-state index in [9.17, 15) is 8.42 Å². The zero-order valence-corrected chi connectivity index (χ0v) is 11.5. The van der Waals surface area contributed by atoms with Crippen LogP contribution in [0.5, 0.6) is 0 Å². The first-order valence-corrected chi connectivity index (χ1v) is 7.80. The van der Waals surface area contributed by atoms with Gasteiger partial charge in [-0.3, -0.25) is 5.10 Å². The van der Waals surface area contributed by atoms with Crippen LogP contribution in [0, 0.1) is 0 Å². The molecule has 0 saturated heterocycles. The highest BCUT2D eigenvalue weighted by Gasteiger charge is 2.28. The monoisotopic (exact) mass is 293 g/mol. The molecular weight excluding hydrogens is 278 g/mol. The molecule has 7 heteroatoms. The average Bonchev–Trinajstić information content (AvgIpc) is 2.89. The van der Waals surface area contributed by atoms with Gasteiger partial charge in [-0.05, 0) is 17.5 Å². The minimum atomic E-state index is -3.66. The van der Waals surface area contributed by atoms with Crippen LogP contribution >= 0.6 is 0 Å². The molecule has 0 bridgehead atoms. The van der Waals surface area contributed by atoms with Crippen molar-refractivity contribution in [3.05, 3.63) is 47.2 Å². The van der Waals surface area contributed by atoms with Crippen LogP contribution in [-0.2, 0) is 23.1 Å². The lowest BCUT2D eigenvalue weighted by atomic mass is 9.78. The summed E-state index contributed by atoms with van der Waals surface area (Å²) in [6.07, 6.45) is 2.20. The predicted molar refractivity (Wildman–Crippen MR) is 72.6 cm³/mol. The van der Waals surface area contributed by atoms with Gasteiger partial charge in [0.15, 0.2) is 5.03 Å². The molecule has 1 unspecified atom stereocenters. The first kappa shape index (κ1) is 13.3. The molecule has 0 saturated carbocycles. The summed E-state index contributed by atoms with van der Waals surface area (Å²) < 4.78 is 26.8. The Labute approximate surface area is 116 Å². The molecule has 0 spiro atoms. The van der Waals surface area contributed by atoms with E-state index in [1.807, 2.05) is 18.2 Å². The molecule has 20 heavy (non-hydrogen) atoms. The Bertz CT molecular complexity index is 724. The van der Waals surface area contributed by atoms with Gasteiger partial charge in [-0.25, -0.2) is 13.1 Å². The first-order chi connectivity index (χ1) is 9.62. The number of sulfonamides is 1. The summed E-state index contributed by atoms with van der Waals surface area (Å²) in [5.41, 5.74) is 2.74. The molecule has 6 nitrogen and oxygen atoms in total. The van der Waals surface area contributed by atoms with Gasteiger partial charge in [0.05, 0.1) is 12.8 Å². The van der Waals surface area contributed by atoms with E-state index >= 15 is 0 Å². The summed E-state index contributed by atoms with van der Waals surface area (Å²) in [7, 11) is -3.66. The lowest BCUT2D eigenvalue weighted by Crippen LogP contribution is -2.33. The Hall–Kier alpha value is -1.70. The van der Waals surface area contributed by atoms with Crippen LogP contribution in [0.1, 0.15) is 22.6 Å². The van der Waals surface area contributed by atoms with E-state index in [4.69, 9.17) is 5.11 Å². The Morgan fingerprint density at radius 2 is 2.20 bits per heavy atom. The van der Waals surface area contributed by atoms with Crippen molar-refractivity contribution in [3.8, 4) is 0 Å². The van der Waals surface area contributed by atoms with Crippen LogP contribution in [0.4, 0.5) is 0 Å². The Kier molecular flexibility index (Phi) is 3.33. The standard InChI is InChI=1S/C13H15N3O3S/c17-8-11-6-14-16-13(11)20(18,19)15-7-10-5-9-3-1-2-4-12(9)10/h1-4,6,10,15,17H,5,7-8H2,(H,14,16). The van der Waals surface area contributed by atoms with Gasteiger partial charge < -0.3 is 5.11 Å².